The lowest BCUT2D eigenvalue weighted by Crippen LogP contribution is -2.46. The third-order valence-corrected chi connectivity index (χ3v) is 4.77. The number of benzene rings is 1. The lowest BCUT2D eigenvalue weighted by atomic mass is 10.1. The molecule has 0 unspecified atom stereocenters. The van der Waals surface area contributed by atoms with E-state index in [0.29, 0.717) is 12.7 Å². The first-order chi connectivity index (χ1) is 16.4. The van der Waals surface area contributed by atoms with Crippen LogP contribution in [0.25, 0.3) is 0 Å². The van der Waals surface area contributed by atoms with Crippen molar-refractivity contribution in [3.8, 4) is 6.01 Å². The summed E-state index contributed by atoms with van der Waals surface area (Å²) < 4.78 is 25.5. The van der Waals surface area contributed by atoms with E-state index < -0.39 is 45.6 Å². The zero-order valence-electron chi connectivity index (χ0n) is 20.1. The number of hydrogen-bond acceptors (Lipinski definition) is 9. The van der Waals surface area contributed by atoms with Gasteiger partial charge in [0.25, 0.3) is 0 Å². The summed E-state index contributed by atoms with van der Waals surface area (Å²) >= 11 is 6.10. The summed E-state index contributed by atoms with van der Waals surface area (Å²) in [4.78, 5) is 43.1. The lowest BCUT2D eigenvalue weighted by Gasteiger charge is -2.34. The van der Waals surface area contributed by atoms with E-state index in [-0.39, 0.29) is 23.7 Å². The third-order valence-electron chi connectivity index (χ3n) is 4.50. The Morgan fingerprint density at radius 1 is 1.31 bits per heavy atom. The average molecular weight is 512 g/mol. The highest BCUT2D eigenvalue weighted by molar-refractivity contribution is 6.32. The topological polar surface area (TPSA) is 128 Å². The normalized spacial score (nSPS) is 11.1. The van der Waals surface area contributed by atoms with Crippen molar-refractivity contribution in [3.63, 3.8) is 0 Å². The summed E-state index contributed by atoms with van der Waals surface area (Å²) in [6, 6.07) is 3.35. The molecule has 0 bridgehead atoms. The molecule has 2 aromatic rings. The van der Waals surface area contributed by atoms with Gasteiger partial charge in [-0.3, -0.25) is 19.9 Å². The van der Waals surface area contributed by atoms with Crippen LogP contribution >= 0.6 is 11.6 Å². The number of hydrazine groups is 1. The van der Waals surface area contributed by atoms with E-state index in [1.54, 1.807) is 20.8 Å². The van der Waals surface area contributed by atoms with Gasteiger partial charge in [-0.25, -0.2) is 14.2 Å². The molecule has 0 aliphatic heterocycles. The van der Waals surface area contributed by atoms with Crippen molar-refractivity contribution < 1.29 is 28.4 Å². The van der Waals surface area contributed by atoms with Crippen LogP contribution in [-0.4, -0.2) is 51.5 Å². The van der Waals surface area contributed by atoms with Crippen LogP contribution in [0, 0.1) is 15.9 Å². The fourth-order valence-electron chi connectivity index (χ4n) is 2.81. The van der Waals surface area contributed by atoms with Crippen molar-refractivity contribution in [2.24, 2.45) is 0 Å². The van der Waals surface area contributed by atoms with Crippen molar-refractivity contribution in [1.29, 1.82) is 0 Å². The lowest BCUT2D eigenvalue weighted by molar-refractivity contribution is -0.384. The number of anilines is 1. The highest BCUT2D eigenvalue weighted by Gasteiger charge is 2.34. The van der Waals surface area contributed by atoms with E-state index in [2.05, 4.69) is 9.97 Å². The van der Waals surface area contributed by atoms with Crippen molar-refractivity contribution >= 4 is 35.5 Å². The number of aromatic nitrogens is 2. The molecule has 0 fully saturated rings. The first kappa shape index (κ1) is 27.7. The number of unbranched alkanes of at least 4 members (excludes halogenated alkanes) is 1. The Morgan fingerprint density at radius 3 is 2.57 bits per heavy atom. The van der Waals surface area contributed by atoms with E-state index in [1.165, 1.54) is 19.2 Å². The first-order valence-electron chi connectivity index (χ1n) is 10.7. The average Bonchev–Trinajstić information content (AvgIpc) is 2.76. The van der Waals surface area contributed by atoms with E-state index in [4.69, 9.17) is 21.1 Å². The Kier molecular flexibility index (Phi) is 9.29. The van der Waals surface area contributed by atoms with Crippen molar-refractivity contribution in [2.45, 2.75) is 52.7 Å². The monoisotopic (exact) mass is 511 g/mol. The Labute approximate surface area is 206 Å². The second-order valence-electron chi connectivity index (χ2n) is 8.46. The van der Waals surface area contributed by atoms with Gasteiger partial charge in [0.15, 0.2) is 0 Å². The minimum Gasteiger partial charge on any atom is -0.463 e. The van der Waals surface area contributed by atoms with Crippen LogP contribution in [-0.2, 0) is 11.3 Å². The second kappa shape index (κ2) is 11.7. The highest BCUT2D eigenvalue weighted by Crippen LogP contribution is 2.36. The summed E-state index contributed by atoms with van der Waals surface area (Å²) in [5.41, 5.74) is -1.50. The molecule has 1 heterocycles. The molecule has 0 saturated heterocycles. The Bertz CT molecular complexity index is 1090. The molecule has 0 aliphatic carbocycles. The van der Waals surface area contributed by atoms with E-state index >= 15 is 0 Å². The number of amides is 1. The molecule has 13 heteroatoms. The number of nitrogens with zero attached hydrogens (tertiary/aromatic N) is 5. The largest absolute Gasteiger partial charge is 0.463 e. The zero-order chi connectivity index (χ0) is 26.3. The maximum absolute atomic E-state index is 14.6. The molecule has 0 radical (unpaired) electrons. The number of carbonyl (C=O) groups excluding carboxylic acids is 2. The molecule has 1 aromatic carbocycles. The molecule has 1 aromatic heterocycles. The molecule has 35 heavy (non-hydrogen) atoms. The summed E-state index contributed by atoms with van der Waals surface area (Å²) in [5, 5.41) is 13.3. The number of halogens is 2. The summed E-state index contributed by atoms with van der Waals surface area (Å²) in [7, 11) is 1.27. The summed E-state index contributed by atoms with van der Waals surface area (Å²) in [5.74, 6) is -1.13. The van der Waals surface area contributed by atoms with E-state index in [9.17, 15) is 24.1 Å². The van der Waals surface area contributed by atoms with Crippen molar-refractivity contribution in [1.82, 2.24) is 15.0 Å². The molecule has 2 rings (SSSR count). The molecule has 0 saturated carbocycles. The van der Waals surface area contributed by atoms with E-state index in [0.717, 1.165) is 22.5 Å². The van der Waals surface area contributed by atoms with Crippen LogP contribution in [0.2, 0.25) is 5.15 Å². The molecule has 0 N–H and O–H groups in total. The number of carbonyl (C=O) groups is 2. The third kappa shape index (κ3) is 7.47. The fraction of sp³-hybridized carbons (Fsp3) is 0.455. The van der Waals surface area contributed by atoms with Gasteiger partial charge in [0.05, 0.1) is 18.1 Å². The van der Waals surface area contributed by atoms with Gasteiger partial charge in [-0.2, -0.15) is 9.97 Å². The summed E-state index contributed by atoms with van der Waals surface area (Å²) in [6.07, 6.45) is 1.10. The zero-order valence-corrected chi connectivity index (χ0v) is 20.8. The fourth-order valence-corrected chi connectivity index (χ4v) is 3.03. The van der Waals surface area contributed by atoms with E-state index in [1.807, 2.05) is 6.92 Å². The van der Waals surface area contributed by atoms with Crippen LogP contribution in [0.15, 0.2) is 18.2 Å². The van der Waals surface area contributed by atoms with Gasteiger partial charge in [0, 0.05) is 18.2 Å². The second-order valence-corrected chi connectivity index (χ2v) is 8.82. The van der Waals surface area contributed by atoms with Crippen LogP contribution in [0.3, 0.4) is 0 Å². The smallest absolute Gasteiger partial charge is 0.429 e. The molecule has 1 amide bonds. The summed E-state index contributed by atoms with van der Waals surface area (Å²) in [6.45, 7) is 6.64. The standard InChI is InChI=1S/C22H27ClFN5O6/c1-6-7-10-34-20-25-18(23)17(29(32)33)19(26-20)28(27(5)21(31)35-22(2,3)4)12-15-11-14(13-30)8-9-16(15)24/h8-9,11,13H,6-7,10,12H2,1-5H3. The van der Waals surface area contributed by atoms with Gasteiger partial charge in [0.2, 0.25) is 11.0 Å². The van der Waals surface area contributed by atoms with Crippen LogP contribution in [0.4, 0.5) is 20.7 Å². The number of rotatable bonds is 10. The van der Waals surface area contributed by atoms with Gasteiger partial charge < -0.3 is 9.47 Å². The number of hydrogen-bond donors (Lipinski definition) is 0. The Balaban J connectivity index is 2.67. The highest BCUT2D eigenvalue weighted by atomic mass is 35.5. The molecule has 190 valence electrons. The van der Waals surface area contributed by atoms with Crippen molar-refractivity contribution in [2.75, 3.05) is 18.7 Å². The quantitative estimate of drug-likeness (QED) is 0.143. The first-order valence-corrected chi connectivity index (χ1v) is 11.1. The maximum atomic E-state index is 14.6. The molecule has 0 aliphatic rings. The van der Waals surface area contributed by atoms with Gasteiger partial charge in [-0.1, -0.05) is 24.9 Å². The van der Waals surface area contributed by atoms with Crippen LogP contribution in [0.1, 0.15) is 56.5 Å². The Morgan fingerprint density at radius 2 is 2.00 bits per heavy atom. The van der Waals surface area contributed by atoms with Crippen LogP contribution in [0.5, 0.6) is 6.01 Å². The molecular weight excluding hydrogens is 485 g/mol. The van der Waals surface area contributed by atoms with Gasteiger partial charge in [0.1, 0.15) is 17.7 Å². The number of aldehydes is 1. The molecule has 11 nitrogen and oxygen atoms in total. The van der Waals surface area contributed by atoms with Crippen molar-refractivity contribution in [3.05, 3.63) is 50.4 Å². The molecule has 0 atom stereocenters. The van der Waals surface area contributed by atoms with Gasteiger partial charge in [-0.05, 0) is 45.4 Å². The number of ether oxygens (including phenoxy) is 2. The minimum atomic E-state index is -0.901. The molecular formula is C22H27ClFN5O6. The minimum absolute atomic E-state index is 0.0394. The Hall–Kier alpha value is -3.54. The maximum Gasteiger partial charge on any atom is 0.429 e. The van der Waals surface area contributed by atoms with Crippen LogP contribution < -0.4 is 9.75 Å². The molecule has 0 spiro atoms. The predicted octanol–water partition coefficient (Wildman–Crippen LogP) is 4.96. The SMILES string of the molecule is CCCCOc1nc(Cl)c([N+](=O)[O-])c(N(Cc2cc(C=O)ccc2F)N(C)C(=O)OC(C)(C)C)n1. The number of nitro groups is 1. The van der Waals surface area contributed by atoms with Gasteiger partial charge >= 0.3 is 17.8 Å². The van der Waals surface area contributed by atoms with Gasteiger partial charge in [-0.15, -0.1) is 0 Å². The predicted molar refractivity (Wildman–Crippen MR) is 126 cm³/mol.